The molecule has 1 rings (SSSR count). The van der Waals surface area contributed by atoms with Crippen molar-refractivity contribution in [2.24, 2.45) is 0 Å². The SMILES string of the molecule is CC(CCC(F)C(=O)O)c1ccccc1F. The molecule has 0 radical (unpaired) electrons. The van der Waals surface area contributed by atoms with Gasteiger partial charge in [0.15, 0.2) is 6.17 Å². The van der Waals surface area contributed by atoms with Gasteiger partial charge in [0, 0.05) is 0 Å². The first-order valence-electron chi connectivity index (χ1n) is 5.13. The van der Waals surface area contributed by atoms with E-state index in [0.717, 1.165) is 0 Å². The first-order valence-corrected chi connectivity index (χ1v) is 5.13. The molecule has 0 spiro atoms. The van der Waals surface area contributed by atoms with E-state index in [1.165, 1.54) is 6.07 Å². The number of hydrogen-bond acceptors (Lipinski definition) is 1. The summed E-state index contributed by atoms with van der Waals surface area (Å²) in [5.41, 5.74) is 0.500. The summed E-state index contributed by atoms with van der Waals surface area (Å²) in [5, 5.41) is 8.37. The molecule has 0 saturated carbocycles. The Kier molecular flexibility index (Phi) is 4.40. The minimum Gasteiger partial charge on any atom is -0.479 e. The summed E-state index contributed by atoms with van der Waals surface area (Å²) in [5.74, 6) is -1.97. The van der Waals surface area contributed by atoms with Crippen LogP contribution in [-0.4, -0.2) is 17.2 Å². The summed E-state index contributed by atoms with van der Waals surface area (Å²) in [6, 6.07) is 6.27. The lowest BCUT2D eigenvalue weighted by molar-refractivity contribution is -0.143. The summed E-state index contributed by atoms with van der Waals surface area (Å²) >= 11 is 0. The molecule has 88 valence electrons. The molecule has 2 nitrogen and oxygen atoms in total. The predicted octanol–water partition coefficient (Wildman–Crippen LogP) is 3.13. The zero-order valence-corrected chi connectivity index (χ0v) is 8.99. The first-order chi connectivity index (χ1) is 7.52. The van der Waals surface area contributed by atoms with Crippen LogP contribution in [0.2, 0.25) is 0 Å². The number of halogens is 2. The predicted molar refractivity (Wildman–Crippen MR) is 56.6 cm³/mol. The lowest BCUT2D eigenvalue weighted by Gasteiger charge is -2.12. The van der Waals surface area contributed by atoms with Gasteiger partial charge in [-0.15, -0.1) is 0 Å². The molecular weight excluding hydrogens is 214 g/mol. The molecule has 0 aliphatic heterocycles. The van der Waals surface area contributed by atoms with E-state index in [2.05, 4.69) is 0 Å². The van der Waals surface area contributed by atoms with Crippen molar-refractivity contribution in [3.05, 3.63) is 35.6 Å². The maximum Gasteiger partial charge on any atom is 0.338 e. The zero-order chi connectivity index (χ0) is 12.1. The quantitative estimate of drug-likeness (QED) is 0.840. The highest BCUT2D eigenvalue weighted by molar-refractivity contribution is 5.71. The second-order valence-electron chi connectivity index (χ2n) is 3.81. The molecule has 1 aromatic carbocycles. The van der Waals surface area contributed by atoms with Gasteiger partial charge in [-0.3, -0.25) is 0 Å². The molecule has 0 fully saturated rings. The standard InChI is InChI=1S/C12H14F2O2/c1-8(6-7-11(14)12(15)16)9-4-2-3-5-10(9)13/h2-5,8,11H,6-7H2,1H3,(H,15,16). The van der Waals surface area contributed by atoms with Crippen molar-refractivity contribution in [3.8, 4) is 0 Å². The summed E-state index contributed by atoms with van der Waals surface area (Å²) in [6.07, 6.45) is -1.64. The van der Waals surface area contributed by atoms with Crippen LogP contribution in [0.25, 0.3) is 0 Å². The number of carbonyl (C=O) groups is 1. The van der Waals surface area contributed by atoms with Gasteiger partial charge in [-0.25, -0.2) is 13.6 Å². The Hall–Kier alpha value is -1.45. The third-order valence-electron chi connectivity index (χ3n) is 2.56. The van der Waals surface area contributed by atoms with Crippen molar-refractivity contribution in [3.63, 3.8) is 0 Å². The Morgan fingerprint density at radius 2 is 2.00 bits per heavy atom. The molecule has 0 bridgehead atoms. The van der Waals surface area contributed by atoms with Gasteiger partial charge in [-0.05, 0) is 30.4 Å². The van der Waals surface area contributed by atoms with Crippen molar-refractivity contribution < 1.29 is 18.7 Å². The van der Waals surface area contributed by atoms with E-state index in [0.29, 0.717) is 12.0 Å². The van der Waals surface area contributed by atoms with Gasteiger partial charge < -0.3 is 5.11 Å². The van der Waals surface area contributed by atoms with E-state index in [4.69, 9.17) is 5.11 Å². The lowest BCUT2D eigenvalue weighted by atomic mass is 9.94. The van der Waals surface area contributed by atoms with E-state index in [1.54, 1.807) is 25.1 Å². The fraction of sp³-hybridized carbons (Fsp3) is 0.417. The second kappa shape index (κ2) is 5.58. The molecule has 4 heteroatoms. The third kappa shape index (κ3) is 3.29. The van der Waals surface area contributed by atoms with E-state index < -0.39 is 12.1 Å². The largest absolute Gasteiger partial charge is 0.479 e. The average Bonchev–Trinajstić information content (AvgIpc) is 2.25. The van der Waals surface area contributed by atoms with E-state index in [9.17, 15) is 13.6 Å². The summed E-state index contributed by atoms with van der Waals surface area (Å²) in [4.78, 5) is 10.3. The van der Waals surface area contributed by atoms with E-state index >= 15 is 0 Å². The van der Waals surface area contributed by atoms with Crippen molar-refractivity contribution in [2.45, 2.75) is 31.9 Å². The van der Waals surface area contributed by atoms with E-state index in [-0.39, 0.29) is 18.2 Å². The highest BCUT2D eigenvalue weighted by Gasteiger charge is 2.18. The van der Waals surface area contributed by atoms with Gasteiger partial charge in [0.25, 0.3) is 0 Å². The second-order valence-corrected chi connectivity index (χ2v) is 3.81. The van der Waals surface area contributed by atoms with Crippen molar-refractivity contribution in [1.82, 2.24) is 0 Å². The molecule has 0 heterocycles. The zero-order valence-electron chi connectivity index (χ0n) is 8.99. The number of benzene rings is 1. The molecule has 0 aromatic heterocycles. The van der Waals surface area contributed by atoms with Gasteiger partial charge in [0.1, 0.15) is 5.82 Å². The van der Waals surface area contributed by atoms with Gasteiger partial charge >= 0.3 is 5.97 Å². The molecule has 0 aliphatic rings. The van der Waals surface area contributed by atoms with Crippen LogP contribution in [0.5, 0.6) is 0 Å². The summed E-state index contributed by atoms with van der Waals surface area (Å²) < 4.78 is 26.1. The molecule has 16 heavy (non-hydrogen) atoms. The van der Waals surface area contributed by atoms with Gasteiger partial charge in [-0.2, -0.15) is 0 Å². The molecule has 0 saturated heterocycles. The summed E-state index contributed by atoms with van der Waals surface area (Å²) in [6.45, 7) is 1.76. The van der Waals surface area contributed by atoms with Crippen molar-refractivity contribution in [1.29, 1.82) is 0 Å². The van der Waals surface area contributed by atoms with Crippen LogP contribution in [0, 0.1) is 5.82 Å². The third-order valence-corrected chi connectivity index (χ3v) is 2.56. The van der Waals surface area contributed by atoms with Gasteiger partial charge in [-0.1, -0.05) is 25.1 Å². The molecule has 2 unspecified atom stereocenters. The number of alkyl halides is 1. The van der Waals surface area contributed by atoms with Gasteiger partial charge in [0.05, 0.1) is 0 Å². The average molecular weight is 228 g/mol. The van der Waals surface area contributed by atoms with Crippen LogP contribution in [0.1, 0.15) is 31.2 Å². The Bertz CT molecular complexity index is 366. The molecule has 1 aromatic rings. The molecule has 1 N–H and O–H groups in total. The normalized spacial score (nSPS) is 14.4. The Morgan fingerprint density at radius 3 is 2.56 bits per heavy atom. The maximum atomic E-state index is 13.3. The Labute approximate surface area is 92.9 Å². The van der Waals surface area contributed by atoms with Crippen LogP contribution in [0.15, 0.2) is 24.3 Å². The fourth-order valence-electron chi connectivity index (χ4n) is 1.55. The number of hydrogen-bond donors (Lipinski definition) is 1. The fourth-order valence-corrected chi connectivity index (χ4v) is 1.55. The molecule has 2 atom stereocenters. The van der Waals surface area contributed by atoms with Crippen LogP contribution < -0.4 is 0 Å². The minimum absolute atomic E-state index is 0.0924. The molecular formula is C12H14F2O2. The highest BCUT2D eigenvalue weighted by atomic mass is 19.1. The maximum absolute atomic E-state index is 13.3. The summed E-state index contributed by atoms with van der Waals surface area (Å²) in [7, 11) is 0. The Morgan fingerprint density at radius 1 is 1.38 bits per heavy atom. The molecule has 0 amide bonds. The molecule has 0 aliphatic carbocycles. The van der Waals surface area contributed by atoms with Crippen LogP contribution in [-0.2, 0) is 4.79 Å². The van der Waals surface area contributed by atoms with Crippen molar-refractivity contribution in [2.75, 3.05) is 0 Å². The van der Waals surface area contributed by atoms with Crippen LogP contribution in [0.3, 0.4) is 0 Å². The smallest absolute Gasteiger partial charge is 0.338 e. The lowest BCUT2D eigenvalue weighted by Crippen LogP contribution is -2.15. The number of carboxylic acid groups (broad SMARTS) is 1. The topological polar surface area (TPSA) is 37.3 Å². The monoisotopic (exact) mass is 228 g/mol. The van der Waals surface area contributed by atoms with Gasteiger partial charge in [0.2, 0.25) is 0 Å². The number of rotatable bonds is 5. The van der Waals surface area contributed by atoms with Crippen LogP contribution in [0.4, 0.5) is 8.78 Å². The highest BCUT2D eigenvalue weighted by Crippen LogP contribution is 2.24. The number of carboxylic acids is 1. The first kappa shape index (κ1) is 12.6. The minimum atomic E-state index is -1.87. The van der Waals surface area contributed by atoms with Crippen molar-refractivity contribution >= 4 is 5.97 Å². The van der Waals surface area contributed by atoms with E-state index in [1.807, 2.05) is 0 Å². The number of aliphatic carboxylic acids is 1. The Balaban J connectivity index is 2.56. The van der Waals surface area contributed by atoms with Crippen LogP contribution >= 0.6 is 0 Å².